The molecule has 0 aromatic heterocycles. The van der Waals surface area contributed by atoms with Crippen molar-refractivity contribution in [2.45, 2.75) is 13.3 Å². The highest BCUT2D eigenvalue weighted by Gasteiger charge is 1.91. The second kappa shape index (κ2) is 2.94. The Morgan fingerprint density at radius 2 is 1.92 bits per heavy atom. The molecule has 1 heteroatoms. The predicted molar refractivity (Wildman–Crippen MR) is 52.3 cm³/mol. The number of fused-ring (bicyclic) bond motifs is 1. The van der Waals surface area contributed by atoms with Gasteiger partial charge in [0, 0.05) is 18.3 Å². The van der Waals surface area contributed by atoms with Gasteiger partial charge in [0.25, 0.3) is 0 Å². The Hall–Kier alpha value is -1.37. The summed E-state index contributed by atoms with van der Waals surface area (Å²) in [5.74, 6) is 0. The van der Waals surface area contributed by atoms with Crippen molar-refractivity contribution in [1.29, 1.82) is 0 Å². The summed E-state index contributed by atoms with van der Waals surface area (Å²) in [5.41, 5.74) is 1.17. The zero-order valence-electron chi connectivity index (χ0n) is 7.12. The maximum Gasteiger partial charge on any atom is 0.0345 e. The molecule has 0 spiro atoms. The largest absolute Gasteiger partial charge is 0.265 e. The van der Waals surface area contributed by atoms with Crippen molar-refractivity contribution in [3.05, 3.63) is 34.7 Å². The molecule has 1 aromatic rings. The maximum atomic E-state index is 4.33. The summed E-state index contributed by atoms with van der Waals surface area (Å²) < 4.78 is 0. The van der Waals surface area contributed by atoms with Gasteiger partial charge in [0.05, 0.1) is 0 Å². The molecule has 0 bridgehead atoms. The van der Waals surface area contributed by atoms with Crippen molar-refractivity contribution in [3.63, 3.8) is 0 Å². The van der Waals surface area contributed by atoms with Gasteiger partial charge in [-0.2, -0.15) is 0 Å². The minimum Gasteiger partial charge on any atom is -0.265 e. The third-order valence-corrected chi connectivity index (χ3v) is 2.04. The topological polar surface area (TPSA) is 12.4 Å². The van der Waals surface area contributed by atoms with Gasteiger partial charge in [-0.05, 0) is 17.4 Å². The van der Waals surface area contributed by atoms with Gasteiger partial charge in [-0.3, -0.25) is 4.99 Å². The molecule has 0 N–H and O–H groups in total. The molecule has 0 saturated carbocycles. The Labute approximate surface area is 71.8 Å². The van der Waals surface area contributed by atoms with E-state index in [1.807, 2.05) is 12.3 Å². The third-order valence-electron chi connectivity index (χ3n) is 2.04. The van der Waals surface area contributed by atoms with Gasteiger partial charge < -0.3 is 0 Å². The monoisotopic (exact) mass is 157 g/mol. The third kappa shape index (κ3) is 1.30. The molecule has 2 rings (SSSR count). The van der Waals surface area contributed by atoms with E-state index in [4.69, 9.17) is 0 Å². The first-order chi connectivity index (χ1) is 5.86. The van der Waals surface area contributed by atoms with Gasteiger partial charge in [0.1, 0.15) is 0 Å². The van der Waals surface area contributed by atoms with E-state index in [2.05, 4.69) is 36.2 Å². The smallest absolute Gasteiger partial charge is 0.0345 e. The first-order valence-electron chi connectivity index (χ1n) is 4.15. The van der Waals surface area contributed by atoms with Crippen LogP contribution in [0.5, 0.6) is 0 Å². The molecule has 1 aromatic carbocycles. The predicted octanol–water partition coefficient (Wildman–Crippen LogP) is 1.07. The molecular weight excluding hydrogens is 146 g/mol. The van der Waals surface area contributed by atoms with Gasteiger partial charge >= 0.3 is 0 Å². The van der Waals surface area contributed by atoms with E-state index in [-0.39, 0.29) is 0 Å². The number of hydrogen-bond acceptors (Lipinski definition) is 1. The van der Waals surface area contributed by atoms with Crippen LogP contribution in [0.3, 0.4) is 0 Å². The SMILES string of the molecule is CC1=NC=c2ccccc2=CC1. The highest BCUT2D eigenvalue weighted by Crippen LogP contribution is 1.91. The van der Waals surface area contributed by atoms with E-state index in [1.54, 1.807) is 0 Å². The lowest BCUT2D eigenvalue weighted by Crippen LogP contribution is -2.22. The molecule has 1 heterocycles. The Bertz CT molecular complexity index is 427. The van der Waals surface area contributed by atoms with Crippen molar-refractivity contribution in [2.24, 2.45) is 4.99 Å². The normalized spacial score (nSPS) is 14.9. The quantitative estimate of drug-likeness (QED) is 0.534. The lowest BCUT2D eigenvalue weighted by Gasteiger charge is -1.86. The van der Waals surface area contributed by atoms with E-state index >= 15 is 0 Å². The summed E-state index contributed by atoms with van der Waals surface area (Å²) in [5, 5.41) is 2.51. The van der Waals surface area contributed by atoms with Gasteiger partial charge in [0.15, 0.2) is 0 Å². The number of hydrogen-bond donors (Lipinski definition) is 0. The summed E-state index contributed by atoms with van der Waals surface area (Å²) in [7, 11) is 0. The van der Waals surface area contributed by atoms with Crippen molar-refractivity contribution in [2.75, 3.05) is 0 Å². The number of rotatable bonds is 0. The highest BCUT2D eigenvalue weighted by atomic mass is 14.7. The zero-order chi connectivity index (χ0) is 8.39. The summed E-state index contributed by atoms with van der Waals surface area (Å²) in [6, 6.07) is 8.32. The van der Waals surface area contributed by atoms with E-state index in [0.717, 1.165) is 6.42 Å². The van der Waals surface area contributed by atoms with E-state index in [0.29, 0.717) is 0 Å². The molecule has 0 radical (unpaired) electrons. The Morgan fingerprint density at radius 3 is 2.75 bits per heavy atom. The molecule has 0 fully saturated rings. The Kier molecular flexibility index (Phi) is 1.78. The average Bonchev–Trinajstić information content (AvgIpc) is 2.29. The molecule has 0 amide bonds. The van der Waals surface area contributed by atoms with Crippen LogP contribution in [0.4, 0.5) is 0 Å². The molecular formula is C11H11N. The fraction of sp³-hybridized carbons (Fsp3) is 0.182. The highest BCUT2D eigenvalue weighted by molar-refractivity contribution is 5.88. The maximum absolute atomic E-state index is 4.33. The van der Waals surface area contributed by atoms with Crippen LogP contribution in [0.15, 0.2) is 29.3 Å². The molecule has 0 atom stereocenters. The van der Waals surface area contributed by atoms with Gasteiger partial charge in [-0.1, -0.05) is 30.3 Å². The van der Waals surface area contributed by atoms with Crippen LogP contribution in [-0.4, -0.2) is 5.71 Å². The zero-order valence-corrected chi connectivity index (χ0v) is 7.12. The van der Waals surface area contributed by atoms with Crippen LogP contribution in [0.2, 0.25) is 0 Å². The van der Waals surface area contributed by atoms with Crippen LogP contribution in [0.25, 0.3) is 12.3 Å². The van der Waals surface area contributed by atoms with E-state index < -0.39 is 0 Å². The number of aliphatic imine (C=N–C) groups is 1. The van der Waals surface area contributed by atoms with Crippen LogP contribution in [0.1, 0.15) is 13.3 Å². The number of benzene rings is 1. The molecule has 60 valence electrons. The summed E-state index contributed by atoms with van der Waals surface area (Å²) >= 11 is 0. The lowest BCUT2D eigenvalue weighted by molar-refractivity contribution is 1.48. The summed E-state index contributed by atoms with van der Waals surface area (Å²) in [6.07, 6.45) is 5.12. The van der Waals surface area contributed by atoms with Crippen molar-refractivity contribution >= 4 is 18.0 Å². The fourth-order valence-electron chi connectivity index (χ4n) is 1.30. The van der Waals surface area contributed by atoms with Crippen LogP contribution in [-0.2, 0) is 0 Å². The minimum atomic E-state index is 0.966. The van der Waals surface area contributed by atoms with Crippen molar-refractivity contribution in [3.8, 4) is 0 Å². The van der Waals surface area contributed by atoms with Crippen LogP contribution < -0.4 is 10.4 Å². The Morgan fingerprint density at radius 1 is 1.17 bits per heavy atom. The van der Waals surface area contributed by atoms with E-state index in [1.165, 1.54) is 16.1 Å². The average molecular weight is 157 g/mol. The molecule has 0 unspecified atom stereocenters. The van der Waals surface area contributed by atoms with Crippen LogP contribution >= 0.6 is 0 Å². The second-order valence-corrected chi connectivity index (χ2v) is 3.03. The first kappa shape index (κ1) is 7.29. The molecule has 12 heavy (non-hydrogen) atoms. The first-order valence-corrected chi connectivity index (χ1v) is 4.15. The van der Waals surface area contributed by atoms with Gasteiger partial charge in [-0.15, -0.1) is 0 Å². The van der Waals surface area contributed by atoms with Gasteiger partial charge in [0.2, 0.25) is 0 Å². The van der Waals surface area contributed by atoms with Crippen molar-refractivity contribution in [1.82, 2.24) is 0 Å². The fourth-order valence-corrected chi connectivity index (χ4v) is 1.30. The molecule has 1 aliphatic rings. The second-order valence-electron chi connectivity index (χ2n) is 3.03. The van der Waals surface area contributed by atoms with Crippen molar-refractivity contribution < 1.29 is 0 Å². The standard InChI is InChI=1S/C11H11N/c1-9-6-7-10-4-2-3-5-11(10)8-12-9/h2-5,7-8H,6H2,1H3. The van der Waals surface area contributed by atoms with E-state index in [9.17, 15) is 0 Å². The molecule has 0 aliphatic carbocycles. The lowest BCUT2D eigenvalue weighted by atomic mass is 10.2. The summed E-state index contributed by atoms with van der Waals surface area (Å²) in [4.78, 5) is 4.33. The van der Waals surface area contributed by atoms with Gasteiger partial charge in [-0.25, -0.2) is 0 Å². The molecule has 0 saturated heterocycles. The summed E-state index contributed by atoms with van der Waals surface area (Å²) in [6.45, 7) is 2.05. The van der Waals surface area contributed by atoms with Crippen LogP contribution in [0, 0.1) is 0 Å². The minimum absolute atomic E-state index is 0.966. The Balaban J connectivity index is 2.72. The molecule has 1 nitrogen and oxygen atoms in total. The number of nitrogens with zero attached hydrogens (tertiary/aromatic N) is 1. The molecule has 1 aliphatic heterocycles.